The van der Waals surface area contributed by atoms with Crippen molar-refractivity contribution >= 4 is 17.2 Å². The summed E-state index contributed by atoms with van der Waals surface area (Å²) in [5, 5.41) is 4.71. The Balaban J connectivity index is 2.03. The standard InChI is InChI=1S/C14H19N3O2S/c1-16-14(18)13-9-19-6-5-17(13)8-12-7-11(10-20-12)3-2-4-15/h7,10,13H,4-6,8-9,15H2,1H3,(H,16,18). The maximum Gasteiger partial charge on any atom is 0.239 e. The third kappa shape index (κ3) is 3.81. The molecule has 6 heteroatoms. The summed E-state index contributed by atoms with van der Waals surface area (Å²) in [6, 6.07) is 1.85. The number of nitrogens with zero attached hydrogens (tertiary/aromatic N) is 1. The summed E-state index contributed by atoms with van der Waals surface area (Å²) in [5.74, 6) is 5.87. The number of amides is 1. The van der Waals surface area contributed by atoms with E-state index in [1.54, 1.807) is 18.4 Å². The Hall–Kier alpha value is -1.39. The van der Waals surface area contributed by atoms with Crippen LogP contribution in [0, 0.1) is 11.8 Å². The van der Waals surface area contributed by atoms with Gasteiger partial charge < -0.3 is 15.8 Å². The van der Waals surface area contributed by atoms with Crippen LogP contribution in [0.2, 0.25) is 0 Å². The highest BCUT2D eigenvalue weighted by molar-refractivity contribution is 7.10. The van der Waals surface area contributed by atoms with E-state index >= 15 is 0 Å². The lowest BCUT2D eigenvalue weighted by Crippen LogP contribution is -2.52. The van der Waals surface area contributed by atoms with Crippen molar-refractivity contribution in [2.24, 2.45) is 5.73 Å². The number of rotatable bonds is 3. The van der Waals surface area contributed by atoms with Crippen LogP contribution in [0.1, 0.15) is 10.4 Å². The van der Waals surface area contributed by atoms with Crippen LogP contribution >= 0.6 is 11.3 Å². The summed E-state index contributed by atoms with van der Waals surface area (Å²) in [7, 11) is 1.65. The summed E-state index contributed by atoms with van der Waals surface area (Å²) in [6.45, 7) is 2.99. The van der Waals surface area contributed by atoms with Crippen molar-refractivity contribution < 1.29 is 9.53 Å². The van der Waals surface area contributed by atoms with Gasteiger partial charge in [-0.2, -0.15) is 0 Å². The molecule has 0 aliphatic carbocycles. The average Bonchev–Trinajstić information content (AvgIpc) is 2.92. The van der Waals surface area contributed by atoms with Crippen molar-refractivity contribution in [3.8, 4) is 11.8 Å². The van der Waals surface area contributed by atoms with E-state index in [2.05, 4.69) is 28.1 Å². The SMILES string of the molecule is CNC(=O)C1COCCN1Cc1cc(C#CCN)cs1. The number of ether oxygens (including phenoxy) is 1. The Morgan fingerprint density at radius 3 is 3.30 bits per heavy atom. The number of hydrogen-bond acceptors (Lipinski definition) is 5. The fourth-order valence-corrected chi connectivity index (χ4v) is 2.96. The lowest BCUT2D eigenvalue weighted by atomic mass is 10.2. The first-order chi connectivity index (χ1) is 9.74. The second kappa shape index (κ2) is 7.41. The third-order valence-corrected chi connectivity index (χ3v) is 4.06. The first-order valence-electron chi connectivity index (χ1n) is 6.54. The number of carbonyl (C=O) groups excluding carboxylic acids is 1. The van der Waals surface area contributed by atoms with Crippen LogP contribution in [0.4, 0.5) is 0 Å². The summed E-state index contributed by atoms with van der Waals surface area (Å²) >= 11 is 1.66. The zero-order valence-electron chi connectivity index (χ0n) is 11.5. The van der Waals surface area contributed by atoms with Crippen molar-refractivity contribution in [1.82, 2.24) is 10.2 Å². The molecule has 2 heterocycles. The number of likely N-dealkylation sites (N-methyl/N-ethyl adjacent to an activating group) is 1. The molecule has 1 atom stereocenters. The minimum atomic E-state index is -0.213. The highest BCUT2D eigenvalue weighted by atomic mass is 32.1. The van der Waals surface area contributed by atoms with E-state index in [0.717, 1.165) is 18.7 Å². The molecule has 3 N–H and O–H groups in total. The molecule has 5 nitrogen and oxygen atoms in total. The fourth-order valence-electron chi connectivity index (χ4n) is 2.12. The topological polar surface area (TPSA) is 67.6 Å². The molecule has 1 aliphatic rings. The van der Waals surface area contributed by atoms with Crippen LogP contribution in [0.15, 0.2) is 11.4 Å². The van der Waals surface area contributed by atoms with E-state index in [1.807, 2.05) is 5.38 Å². The van der Waals surface area contributed by atoms with Crippen molar-refractivity contribution in [1.29, 1.82) is 0 Å². The lowest BCUT2D eigenvalue weighted by Gasteiger charge is -2.33. The van der Waals surface area contributed by atoms with Crippen LogP contribution in [0.3, 0.4) is 0 Å². The largest absolute Gasteiger partial charge is 0.378 e. The zero-order chi connectivity index (χ0) is 14.4. The van der Waals surface area contributed by atoms with Gasteiger partial charge in [0.05, 0.1) is 19.8 Å². The summed E-state index contributed by atoms with van der Waals surface area (Å²) in [6.07, 6.45) is 0. The Labute approximate surface area is 123 Å². The highest BCUT2D eigenvalue weighted by Crippen LogP contribution is 2.19. The molecule has 20 heavy (non-hydrogen) atoms. The van der Waals surface area contributed by atoms with E-state index in [4.69, 9.17) is 10.5 Å². The minimum Gasteiger partial charge on any atom is -0.378 e. The molecule has 0 aromatic carbocycles. The monoisotopic (exact) mass is 293 g/mol. The minimum absolute atomic E-state index is 0.00408. The predicted octanol–water partition coefficient (Wildman–Crippen LogP) is 0.00510. The van der Waals surface area contributed by atoms with Crippen molar-refractivity contribution in [2.45, 2.75) is 12.6 Å². The van der Waals surface area contributed by atoms with Gasteiger partial charge in [0.2, 0.25) is 5.91 Å². The van der Waals surface area contributed by atoms with E-state index < -0.39 is 0 Å². The molecule has 0 spiro atoms. The predicted molar refractivity (Wildman–Crippen MR) is 79.3 cm³/mol. The average molecular weight is 293 g/mol. The molecule has 1 saturated heterocycles. The number of carbonyl (C=O) groups is 1. The molecule has 0 radical (unpaired) electrons. The Bertz CT molecular complexity index is 518. The molecule has 1 aromatic rings. The number of morpholine rings is 1. The van der Waals surface area contributed by atoms with Gasteiger partial charge in [-0.15, -0.1) is 11.3 Å². The summed E-state index contributed by atoms with van der Waals surface area (Å²) in [4.78, 5) is 15.2. The van der Waals surface area contributed by atoms with Gasteiger partial charge in [0, 0.05) is 36.0 Å². The van der Waals surface area contributed by atoms with Crippen LogP contribution in [0.25, 0.3) is 0 Å². The van der Waals surface area contributed by atoms with E-state index in [1.165, 1.54) is 4.88 Å². The maximum absolute atomic E-state index is 11.8. The number of nitrogens with one attached hydrogen (secondary N) is 1. The first-order valence-corrected chi connectivity index (χ1v) is 7.42. The maximum atomic E-state index is 11.8. The van der Waals surface area contributed by atoms with Gasteiger partial charge in [-0.25, -0.2) is 0 Å². The van der Waals surface area contributed by atoms with Crippen LogP contribution in [0.5, 0.6) is 0 Å². The molecule has 1 aliphatic heterocycles. The van der Waals surface area contributed by atoms with Crippen LogP contribution < -0.4 is 11.1 Å². The molecule has 1 unspecified atom stereocenters. The smallest absolute Gasteiger partial charge is 0.239 e. The van der Waals surface area contributed by atoms with Gasteiger partial charge in [0.25, 0.3) is 0 Å². The zero-order valence-corrected chi connectivity index (χ0v) is 12.3. The fraction of sp³-hybridized carbons (Fsp3) is 0.500. The molecule has 1 amide bonds. The number of nitrogens with two attached hydrogens (primary N) is 1. The second-order valence-electron chi connectivity index (χ2n) is 4.48. The molecule has 1 aromatic heterocycles. The highest BCUT2D eigenvalue weighted by Gasteiger charge is 2.28. The van der Waals surface area contributed by atoms with Gasteiger partial charge in [0.15, 0.2) is 0 Å². The molecule has 0 saturated carbocycles. The Morgan fingerprint density at radius 1 is 1.70 bits per heavy atom. The molecule has 108 valence electrons. The quantitative estimate of drug-likeness (QED) is 0.770. The van der Waals surface area contributed by atoms with E-state index in [9.17, 15) is 4.79 Å². The summed E-state index contributed by atoms with van der Waals surface area (Å²) in [5.41, 5.74) is 6.35. The number of hydrogen-bond donors (Lipinski definition) is 2. The first kappa shape index (κ1) is 15.0. The number of thiophene rings is 1. The molecule has 1 fully saturated rings. The van der Waals surface area contributed by atoms with Crippen molar-refractivity contribution in [2.75, 3.05) is 33.4 Å². The Morgan fingerprint density at radius 2 is 2.55 bits per heavy atom. The van der Waals surface area contributed by atoms with Gasteiger partial charge in [-0.1, -0.05) is 11.8 Å². The van der Waals surface area contributed by atoms with Crippen LogP contribution in [-0.2, 0) is 16.1 Å². The van der Waals surface area contributed by atoms with E-state index in [-0.39, 0.29) is 11.9 Å². The lowest BCUT2D eigenvalue weighted by molar-refractivity contribution is -0.132. The summed E-state index contributed by atoms with van der Waals surface area (Å²) < 4.78 is 5.40. The van der Waals surface area contributed by atoms with Crippen molar-refractivity contribution in [3.05, 3.63) is 21.9 Å². The molecular formula is C14H19N3O2S. The van der Waals surface area contributed by atoms with Gasteiger partial charge >= 0.3 is 0 Å². The van der Waals surface area contributed by atoms with Crippen LogP contribution in [-0.4, -0.2) is 50.2 Å². The van der Waals surface area contributed by atoms with Gasteiger partial charge in [-0.3, -0.25) is 9.69 Å². The normalized spacial score (nSPS) is 19.2. The third-order valence-electron chi connectivity index (χ3n) is 3.14. The van der Waals surface area contributed by atoms with Gasteiger partial charge in [-0.05, 0) is 6.07 Å². The van der Waals surface area contributed by atoms with Crippen molar-refractivity contribution in [3.63, 3.8) is 0 Å². The molecular weight excluding hydrogens is 274 g/mol. The Kier molecular flexibility index (Phi) is 5.56. The molecule has 0 bridgehead atoms. The van der Waals surface area contributed by atoms with Gasteiger partial charge in [0.1, 0.15) is 6.04 Å². The molecule has 2 rings (SSSR count). The second-order valence-corrected chi connectivity index (χ2v) is 5.48. The van der Waals surface area contributed by atoms with E-state index in [0.29, 0.717) is 19.8 Å².